The maximum atomic E-state index is 13.3. The molecule has 3 nitrogen and oxygen atoms in total. The lowest BCUT2D eigenvalue weighted by Crippen LogP contribution is -2.22. The number of nitrogens with zero attached hydrogens (tertiary/aromatic N) is 1. The fourth-order valence-corrected chi connectivity index (χ4v) is 2.26. The molecule has 0 fully saturated rings. The van der Waals surface area contributed by atoms with E-state index in [4.69, 9.17) is 4.42 Å². The van der Waals surface area contributed by atoms with Crippen LogP contribution in [0.3, 0.4) is 0 Å². The van der Waals surface area contributed by atoms with Gasteiger partial charge in [0.25, 0.3) is 0 Å². The molecule has 0 bridgehead atoms. The van der Waals surface area contributed by atoms with Crippen molar-refractivity contribution in [2.24, 2.45) is 5.92 Å². The van der Waals surface area contributed by atoms with Gasteiger partial charge in [-0.2, -0.15) is 0 Å². The van der Waals surface area contributed by atoms with Crippen LogP contribution in [0.15, 0.2) is 33.3 Å². The van der Waals surface area contributed by atoms with Crippen molar-refractivity contribution >= 4 is 15.9 Å². The second-order valence-corrected chi connectivity index (χ2v) is 5.94. The molecular weight excluding hydrogens is 323 g/mol. The van der Waals surface area contributed by atoms with Gasteiger partial charge in [-0.1, -0.05) is 29.8 Å². The quantitative estimate of drug-likeness (QED) is 0.806. The SMILES string of the molecule is CC(C)CNCCc1ncc(-c2cc(F)ccc2Br)o1. The first kappa shape index (κ1) is 15.2. The number of hydrogen-bond acceptors (Lipinski definition) is 3. The van der Waals surface area contributed by atoms with Crippen LogP contribution >= 0.6 is 15.9 Å². The number of benzene rings is 1. The Morgan fingerprint density at radius 1 is 1.40 bits per heavy atom. The van der Waals surface area contributed by atoms with Crippen molar-refractivity contribution in [1.29, 1.82) is 0 Å². The minimum absolute atomic E-state index is 0.292. The largest absolute Gasteiger partial charge is 0.441 e. The number of hydrogen-bond donors (Lipinski definition) is 1. The first-order valence-corrected chi connectivity index (χ1v) is 7.46. The highest BCUT2D eigenvalue weighted by atomic mass is 79.9. The van der Waals surface area contributed by atoms with E-state index in [9.17, 15) is 4.39 Å². The third kappa shape index (κ3) is 4.15. The van der Waals surface area contributed by atoms with Crippen molar-refractivity contribution in [2.75, 3.05) is 13.1 Å². The topological polar surface area (TPSA) is 38.1 Å². The van der Waals surface area contributed by atoms with Crippen molar-refractivity contribution < 1.29 is 8.81 Å². The predicted molar refractivity (Wildman–Crippen MR) is 81.0 cm³/mol. The third-order valence-electron chi connectivity index (χ3n) is 2.82. The van der Waals surface area contributed by atoms with Gasteiger partial charge >= 0.3 is 0 Å². The van der Waals surface area contributed by atoms with E-state index < -0.39 is 0 Å². The zero-order valence-corrected chi connectivity index (χ0v) is 13.2. The molecule has 0 amide bonds. The van der Waals surface area contributed by atoms with E-state index in [-0.39, 0.29) is 5.82 Å². The highest BCUT2D eigenvalue weighted by Crippen LogP contribution is 2.29. The lowest BCUT2D eigenvalue weighted by Gasteiger charge is -2.05. The van der Waals surface area contributed by atoms with Gasteiger partial charge in [0.1, 0.15) is 5.82 Å². The minimum Gasteiger partial charge on any atom is -0.441 e. The molecule has 0 saturated heterocycles. The first-order chi connectivity index (χ1) is 9.56. The van der Waals surface area contributed by atoms with Gasteiger partial charge in [0, 0.05) is 23.0 Å². The molecule has 0 radical (unpaired) electrons. The van der Waals surface area contributed by atoms with Gasteiger partial charge < -0.3 is 9.73 Å². The van der Waals surface area contributed by atoms with Crippen molar-refractivity contribution in [3.63, 3.8) is 0 Å². The Labute approximate surface area is 126 Å². The van der Waals surface area contributed by atoms with E-state index in [2.05, 4.69) is 40.1 Å². The smallest absolute Gasteiger partial charge is 0.196 e. The fraction of sp³-hybridized carbons (Fsp3) is 0.400. The summed E-state index contributed by atoms with van der Waals surface area (Å²) in [6.07, 6.45) is 2.36. The molecule has 1 aromatic carbocycles. The average molecular weight is 341 g/mol. The molecule has 2 rings (SSSR count). The highest BCUT2D eigenvalue weighted by Gasteiger charge is 2.10. The van der Waals surface area contributed by atoms with Crippen LogP contribution in [0.4, 0.5) is 4.39 Å². The van der Waals surface area contributed by atoms with E-state index in [1.807, 2.05) is 0 Å². The Balaban J connectivity index is 2.00. The molecular formula is C15H18BrFN2O. The summed E-state index contributed by atoms with van der Waals surface area (Å²) in [5.41, 5.74) is 0.680. The van der Waals surface area contributed by atoms with Crippen LogP contribution in [0.25, 0.3) is 11.3 Å². The van der Waals surface area contributed by atoms with Crippen LogP contribution in [-0.2, 0) is 6.42 Å². The zero-order valence-electron chi connectivity index (χ0n) is 11.6. The first-order valence-electron chi connectivity index (χ1n) is 6.67. The lowest BCUT2D eigenvalue weighted by molar-refractivity contribution is 0.482. The van der Waals surface area contributed by atoms with Crippen LogP contribution in [0, 0.1) is 11.7 Å². The predicted octanol–water partition coefficient (Wildman–Crippen LogP) is 4.03. The summed E-state index contributed by atoms with van der Waals surface area (Å²) >= 11 is 3.39. The Kier molecular flexibility index (Phi) is 5.31. The van der Waals surface area contributed by atoms with Gasteiger partial charge in [-0.15, -0.1) is 0 Å². The molecule has 0 spiro atoms. The molecule has 0 aliphatic carbocycles. The maximum absolute atomic E-state index is 13.3. The van der Waals surface area contributed by atoms with Crippen LogP contribution in [0.2, 0.25) is 0 Å². The van der Waals surface area contributed by atoms with Crippen LogP contribution in [0.5, 0.6) is 0 Å². The number of aromatic nitrogens is 1. The van der Waals surface area contributed by atoms with Gasteiger partial charge in [0.2, 0.25) is 0 Å². The maximum Gasteiger partial charge on any atom is 0.196 e. The second-order valence-electron chi connectivity index (χ2n) is 5.09. The summed E-state index contributed by atoms with van der Waals surface area (Å²) in [6, 6.07) is 4.50. The van der Waals surface area contributed by atoms with E-state index in [1.165, 1.54) is 12.1 Å². The fourth-order valence-electron chi connectivity index (χ4n) is 1.82. The summed E-state index contributed by atoms with van der Waals surface area (Å²) < 4.78 is 19.7. The van der Waals surface area contributed by atoms with E-state index in [0.717, 1.165) is 24.0 Å². The molecule has 108 valence electrons. The molecule has 1 heterocycles. The van der Waals surface area contributed by atoms with Gasteiger partial charge in [0.05, 0.1) is 6.20 Å². The summed E-state index contributed by atoms with van der Waals surface area (Å²) in [4.78, 5) is 4.23. The molecule has 1 aromatic heterocycles. The molecule has 2 aromatic rings. The van der Waals surface area contributed by atoms with Crippen molar-refractivity contribution in [3.8, 4) is 11.3 Å². The highest BCUT2D eigenvalue weighted by molar-refractivity contribution is 9.10. The standard InChI is InChI=1S/C15H18BrFN2O/c1-10(2)8-18-6-5-15-19-9-14(20-15)12-7-11(17)3-4-13(12)16/h3-4,7,9-10,18H,5-6,8H2,1-2H3. The number of rotatable bonds is 6. The van der Waals surface area contributed by atoms with Crippen LogP contribution < -0.4 is 5.32 Å². The van der Waals surface area contributed by atoms with Gasteiger partial charge in [-0.3, -0.25) is 0 Å². The monoisotopic (exact) mass is 340 g/mol. The molecule has 5 heteroatoms. The Hall–Kier alpha value is -1.20. The van der Waals surface area contributed by atoms with Crippen molar-refractivity contribution in [2.45, 2.75) is 20.3 Å². The van der Waals surface area contributed by atoms with Gasteiger partial charge in [-0.05, 0) is 30.7 Å². The zero-order chi connectivity index (χ0) is 14.5. The van der Waals surface area contributed by atoms with Crippen molar-refractivity contribution in [1.82, 2.24) is 10.3 Å². The van der Waals surface area contributed by atoms with E-state index in [0.29, 0.717) is 23.1 Å². The Morgan fingerprint density at radius 3 is 2.95 bits per heavy atom. The molecule has 20 heavy (non-hydrogen) atoms. The molecule has 0 aliphatic rings. The molecule has 0 aliphatic heterocycles. The third-order valence-corrected chi connectivity index (χ3v) is 3.51. The summed E-state index contributed by atoms with van der Waals surface area (Å²) in [5, 5.41) is 3.33. The molecule has 0 unspecified atom stereocenters. The van der Waals surface area contributed by atoms with E-state index >= 15 is 0 Å². The summed E-state index contributed by atoms with van der Waals surface area (Å²) in [7, 11) is 0. The van der Waals surface area contributed by atoms with E-state index in [1.54, 1.807) is 12.3 Å². The van der Waals surface area contributed by atoms with Crippen LogP contribution in [0.1, 0.15) is 19.7 Å². The van der Waals surface area contributed by atoms with Gasteiger partial charge in [-0.25, -0.2) is 9.37 Å². The average Bonchev–Trinajstić information content (AvgIpc) is 2.86. The van der Waals surface area contributed by atoms with Gasteiger partial charge in [0.15, 0.2) is 11.7 Å². The second kappa shape index (κ2) is 6.99. The minimum atomic E-state index is -0.292. The number of halogens is 2. The number of nitrogens with one attached hydrogen (secondary N) is 1. The molecule has 1 N–H and O–H groups in total. The summed E-state index contributed by atoms with van der Waals surface area (Å²) in [6.45, 7) is 6.13. The molecule has 0 atom stereocenters. The number of oxazole rings is 1. The normalized spacial score (nSPS) is 11.2. The Bertz CT molecular complexity index is 569. The summed E-state index contributed by atoms with van der Waals surface area (Å²) in [5.74, 6) is 1.57. The van der Waals surface area contributed by atoms with Crippen molar-refractivity contribution in [3.05, 3.63) is 40.6 Å². The molecule has 0 saturated carbocycles. The lowest BCUT2D eigenvalue weighted by atomic mass is 10.2. The Morgan fingerprint density at radius 2 is 2.20 bits per heavy atom. The van der Waals surface area contributed by atoms with Crippen LogP contribution in [-0.4, -0.2) is 18.1 Å².